The minimum absolute atomic E-state index is 0.209. The molecule has 1 aliphatic heterocycles. The molecule has 29 heavy (non-hydrogen) atoms. The number of hydrogen-bond acceptors (Lipinski definition) is 4. The van der Waals surface area contributed by atoms with Gasteiger partial charge < -0.3 is 9.64 Å². The van der Waals surface area contributed by atoms with E-state index in [-0.39, 0.29) is 5.91 Å². The number of fused-ring (bicyclic) bond motifs is 1. The van der Waals surface area contributed by atoms with Crippen molar-refractivity contribution in [3.05, 3.63) is 89.1 Å². The zero-order valence-electron chi connectivity index (χ0n) is 16.5. The SMILES string of the molecule is COC(=O)C1Cc2ccccc2CN1C(=O)c1ccc(-c2ccccc2)nc1C. The van der Waals surface area contributed by atoms with Gasteiger partial charge in [-0.15, -0.1) is 0 Å². The van der Waals surface area contributed by atoms with Crippen molar-refractivity contribution in [2.24, 2.45) is 0 Å². The second-order valence-electron chi connectivity index (χ2n) is 7.14. The molecular weight excluding hydrogens is 364 g/mol. The van der Waals surface area contributed by atoms with Gasteiger partial charge in [-0.2, -0.15) is 0 Å². The second-order valence-corrected chi connectivity index (χ2v) is 7.14. The van der Waals surface area contributed by atoms with Crippen molar-refractivity contribution in [3.63, 3.8) is 0 Å². The predicted octanol–water partition coefficient (Wildman–Crippen LogP) is 3.80. The zero-order chi connectivity index (χ0) is 20.4. The molecule has 0 bridgehead atoms. The summed E-state index contributed by atoms with van der Waals surface area (Å²) in [5.74, 6) is -0.612. The lowest BCUT2D eigenvalue weighted by Crippen LogP contribution is -2.49. The highest BCUT2D eigenvalue weighted by atomic mass is 16.5. The number of hydrogen-bond donors (Lipinski definition) is 0. The highest BCUT2D eigenvalue weighted by molar-refractivity contribution is 5.98. The minimum Gasteiger partial charge on any atom is -0.467 e. The number of carbonyl (C=O) groups is 2. The predicted molar refractivity (Wildman–Crippen MR) is 110 cm³/mol. The molecule has 1 atom stereocenters. The molecule has 0 radical (unpaired) electrons. The number of methoxy groups -OCH3 is 1. The van der Waals surface area contributed by atoms with Crippen molar-refractivity contribution < 1.29 is 14.3 Å². The maximum atomic E-state index is 13.4. The van der Waals surface area contributed by atoms with Gasteiger partial charge in [-0.1, -0.05) is 54.6 Å². The van der Waals surface area contributed by atoms with Gasteiger partial charge in [0.1, 0.15) is 6.04 Å². The number of benzene rings is 2. The molecule has 0 fully saturated rings. The van der Waals surface area contributed by atoms with E-state index in [1.807, 2.05) is 67.6 Å². The highest BCUT2D eigenvalue weighted by Crippen LogP contribution is 2.27. The summed E-state index contributed by atoms with van der Waals surface area (Å²) in [4.78, 5) is 32.0. The van der Waals surface area contributed by atoms with E-state index in [1.165, 1.54) is 7.11 Å². The molecule has 146 valence electrons. The minimum atomic E-state index is -0.643. The third-order valence-electron chi connectivity index (χ3n) is 5.37. The van der Waals surface area contributed by atoms with Crippen LogP contribution in [0.15, 0.2) is 66.7 Å². The summed E-state index contributed by atoms with van der Waals surface area (Å²) in [6, 6.07) is 20.7. The van der Waals surface area contributed by atoms with E-state index in [2.05, 4.69) is 4.98 Å². The summed E-state index contributed by atoms with van der Waals surface area (Å²) in [5, 5.41) is 0. The van der Waals surface area contributed by atoms with Gasteiger partial charge in [0.15, 0.2) is 0 Å². The third kappa shape index (κ3) is 3.63. The number of pyridine rings is 1. The fourth-order valence-corrected chi connectivity index (χ4v) is 3.79. The van der Waals surface area contributed by atoms with Crippen molar-refractivity contribution >= 4 is 11.9 Å². The summed E-state index contributed by atoms with van der Waals surface area (Å²) in [7, 11) is 1.35. The quantitative estimate of drug-likeness (QED) is 0.643. The van der Waals surface area contributed by atoms with Crippen LogP contribution in [0.25, 0.3) is 11.3 Å². The molecular formula is C24H22N2O3. The van der Waals surface area contributed by atoms with E-state index in [0.29, 0.717) is 24.2 Å². The van der Waals surface area contributed by atoms with Crippen LogP contribution in [0, 0.1) is 6.92 Å². The average Bonchev–Trinajstić information content (AvgIpc) is 2.77. The van der Waals surface area contributed by atoms with Crippen LogP contribution in [0.1, 0.15) is 27.2 Å². The molecule has 0 N–H and O–H groups in total. The van der Waals surface area contributed by atoms with Crippen LogP contribution in [0.2, 0.25) is 0 Å². The number of amides is 1. The molecule has 0 aliphatic carbocycles. The first-order valence-electron chi connectivity index (χ1n) is 9.57. The molecule has 0 saturated carbocycles. The molecule has 1 aliphatic rings. The van der Waals surface area contributed by atoms with Gasteiger partial charge in [0.05, 0.1) is 24.1 Å². The number of ether oxygens (including phenoxy) is 1. The summed E-state index contributed by atoms with van der Waals surface area (Å²) < 4.78 is 4.98. The van der Waals surface area contributed by atoms with Crippen molar-refractivity contribution in [1.82, 2.24) is 9.88 Å². The third-order valence-corrected chi connectivity index (χ3v) is 5.37. The Morgan fingerprint density at radius 1 is 0.966 bits per heavy atom. The maximum Gasteiger partial charge on any atom is 0.328 e. The average molecular weight is 386 g/mol. The van der Waals surface area contributed by atoms with Gasteiger partial charge in [0.2, 0.25) is 0 Å². The van der Waals surface area contributed by atoms with E-state index in [1.54, 1.807) is 11.0 Å². The van der Waals surface area contributed by atoms with Crippen molar-refractivity contribution in [2.45, 2.75) is 25.9 Å². The molecule has 0 saturated heterocycles. The van der Waals surface area contributed by atoms with Gasteiger partial charge >= 0.3 is 5.97 Å². The molecule has 2 aromatic carbocycles. The van der Waals surface area contributed by atoms with Crippen molar-refractivity contribution in [1.29, 1.82) is 0 Å². The van der Waals surface area contributed by atoms with Crippen LogP contribution in [0.3, 0.4) is 0 Å². The summed E-state index contributed by atoms with van der Waals surface area (Å²) in [6.45, 7) is 2.19. The zero-order valence-corrected chi connectivity index (χ0v) is 16.5. The Morgan fingerprint density at radius 3 is 2.34 bits per heavy atom. The Hall–Kier alpha value is -3.47. The summed E-state index contributed by atoms with van der Waals surface area (Å²) in [5.41, 5.74) is 5.06. The lowest BCUT2D eigenvalue weighted by molar-refractivity contribution is -0.146. The number of rotatable bonds is 3. The Labute approximate surface area is 170 Å². The molecule has 5 heteroatoms. The number of esters is 1. The molecule has 3 aromatic rings. The monoisotopic (exact) mass is 386 g/mol. The first-order valence-corrected chi connectivity index (χ1v) is 9.57. The highest BCUT2D eigenvalue weighted by Gasteiger charge is 2.36. The fourth-order valence-electron chi connectivity index (χ4n) is 3.79. The molecule has 1 amide bonds. The summed E-state index contributed by atoms with van der Waals surface area (Å²) in [6.07, 6.45) is 0.448. The van der Waals surface area contributed by atoms with Crippen LogP contribution < -0.4 is 0 Å². The Bertz CT molecular complexity index is 1060. The molecule has 2 heterocycles. The van der Waals surface area contributed by atoms with Gasteiger partial charge in [-0.25, -0.2) is 4.79 Å². The van der Waals surface area contributed by atoms with E-state index in [4.69, 9.17) is 4.74 Å². The Kier molecular flexibility index (Phi) is 5.12. The van der Waals surface area contributed by atoms with E-state index in [9.17, 15) is 9.59 Å². The lowest BCUT2D eigenvalue weighted by atomic mass is 9.93. The number of nitrogens with zero attached hydrogens (tertiary/aromatic N) is 2. The van der Waals surface area contributed by atoms with E-state index < -0.39 is 12.0 Å². The fraction of sp³-hybridized carbons (Fsp3) is 0.208. The molecule has 0 spiro atoms. The number of carbonyl (C=O) groups excluding carboxylic acids is 2. The van der Waals surface area contributed by atoms with Gasteiger partial charge in [0.25, 0.3) is 5.91 Å². The lowest BCUT2D eigenvalue weighted by Gasteiger charge is -2.35. The van der Waals surface area contributed by atoms with Crippen LogP contribution in [-0.4, -0.2) is 34.9 Å². The largest absolute Gasteiger partial charge is 0.467 e. The molecule has 5 nitrogen and oxygen atoms in total. The van der Waals surface area contributed by atoms with E-state index in [0.717, 1.165) is 22.4 Å². The first-order chi connectivity index (χ1) is 14.1. The Balaban J connectivity index is 1.68. The number of aromatic nitrogens is 1. The summed E-state index contributed by atoms with van der Waals surface area (Å²) >= 11 is 0. The van der Waals surface area contributed by atoms with E-state index >= 15 is 0 Å². The normalized spacial score (nSPS) is 15.5. The molecule has 4 rings (SSSR count). The topological polar surface area (TPSA) is 59.5 Å². The smallest absolute Gasteiger partial charge is 0.328 e. The van der Waals surface area contributed by atoms with Crippen molar-refractivity contribution in [2.75, 3.05) is 7.11 Å². The standard InChI is InChI=1S/C24H22N2O3/c1-16-20(12-13-21(25-16)17-8-4-3-5-9-17)23(27)26-15-19-11-7-6-10-18(19)14-22(26)24(28)29-2/h3-13,22H,14-15H2,1-2H3. The van der Waals surface area contributed by atoms with Crippen LogP contribution >= 0.6 is 0 Å². The maximum absolute atomic E-state index is 13.4. The molecule has 1 aromatic heterocycles. The first kappa shape index (κ1) is 18.9. The van der Waals surface area contributed by atoms with Crippen molar-refractivity contribution in [3.8, 4) is 11.3 Å². The van der Waals surface area contributed by atoms with Gasteiger partial charge in [-0.3, -0.25) is 9.78 Å². The van der Waals surface area contributed by atoms with Crippen LogP contribution in [0.5, 0.6) is 0 Å². The second kappa shape index (κ2) is 7.87. The van der Waals surface area contributed by atoms with Crippen LogP contribution in [-0.2, 0) is 22.5 Å². The number of aryl methyl sites for hydroxylation is 1. The molecule has 1 unspecified atom stereocenters. The van der Waals surface area contributed by atoms with Gasteiger partial charge in [-0.05, 0) is 30.2 Å². The van der Waals surface area contributed by atoms with Crippen LogP contribution in [0.4, 0.5) is 0 Å². The Morgan fingerprint density at radius 2 is 1.66 bits per heavy atom. The van der Waals surface area contributed by atoms with Gasteiger partial charge in [0, 0.05) is 18.5 Å².